The molecule has 6 heteroatoms. The van der Waals surface area contributed by atoms with Crippen molar-refractivity contribution in [2.45, 2.75) is 32.2 Å². The van der Waals surface area contributed by atoms with Crippen molar-refractivity contribution in [3.63, 3.8) is 0 Å². The minimum absolute atomic E-state index is 0.0423. The van der Waals surface area contributed by atoms with Crippen molar-refractivity contribution in [3.05, 3.63) is 84.2 Å². The van der Waals surface area contributed by atoms with E-state index in [0.717, 1.165) is 69.9 Å². The fraction of sp³-hybridized carbons (Fsp3) is 0.357. The van der Waals surface area contributed by atoms with Gasteiger partial charge in [0.05, 0.1) is 0 Å². The quantitative estimate of drug-likeness (QED) is 0.578. The number of amides is 1. The first-order valence-electron chi connectivity index (χ1n) is 12.1. The highest BCUT2D eigenvalue weighted by molar-refractivity contribution is 5.94. The molecule has 2 aliphatic rings. The summed E-state index contributed by atoms with van der Waals surface area (Å²) >= 11 is 0. The monoisotopic (exact) mass is 457 g/mol. The normalized spacial score (nSPS) is 18.1. The Morgan fingerprint density at radius 2 is 1.59 bits per heavy atom. The molecule has 3 aromatic rings. The summed E-state index contributed by atoms with van der Waals surface area (Å²) < 4.78 is 6.00. The maximum Gasteiger partial charge on any atom is 0.276 e. The highest BCUT2D eigenvalue weighted by Crippen LogP contribution is 2.42. The summed E-state index contributed by atoms with van der Waals surface area (Å²) in [5.74, 6) is 1.51. The summed E-state index contributed by atoms with van der Waals surface area (Å²) in [6.07, 6.45) is 5.90. The second kappa shape index (κ2) is 9.85. The van der Waals surface area contributed by atoms with Gasteiger partial charge < -0.3 is 14.7 Å². The summed E-state index contributed by atoms with van der Waals surface area (Å²) in [6.45, 7) is 4.52. The molecule has 0 aliphatic carbocycles. The zero-order valence-corrected chi connectivity index (χ0v) is 19.4. The first-order chi connectivity index (χ1) is 16.6. The number of benzene rings is 2. The lowest BCUT2D eigenvalue weighted by Crippen LogP contribution is -2.48. The van der Waals surface area contributed by atoms with Gasteiger partial charge >= 0.3 is 0 Å². The van der Waals surface area contributed by atoms with E-state index in [1.54, 1.807) is 12.3 Å². The third-order valence-corrected chi connectivity index (χ3v) is 7.30. The van der Waals surface area contributed by atoms with Gasteiger partial charge in [-0.2, -0.15) is 0 Å². The molecule has 5 rings (SSSR count). The van der Waals surface area contributed by atoms with Gasteiger partial charge in [0.2, 0.25) is 0 Å². The number of likely N-dealkylation sites (tertiary alicyclic amines) is 2. The van der Waals surface area contributed by atoms with Crippen LogP contribution in [0.1, 0.15) is 41.7 Å². The zero-order chi connectivity index (χ0) is 23.4. The van der Waals surface area contributed by atoms with Gasteiger partial charge in [0.1, 0.15) is 17.2 Å². The Balaban J connectivity index is 1.13. The molecule has 1 aromatic heterocycles. The molecule has 2 aliphatic heterocycles. The first kappa shape index (κ1) is 22.4. The number of hydrogen-bond acceptors (Lipinski definition) is 5. The van der Waals surface area contributed by atoms with Crippen molar-refractivity contribution in [1.82, 2.24) is 14.8 Å². The van der Waals surface area contributed by atoms with Crippen molar-refractivity contribution in [3.8, 4) is 17.2 Å². The number of rotatable bonds is 5. The number of pyridine rings is 1. The Morgan fingerprint density at radius 1 is 0.882 bits per heavy atom. The van der Waals surface area contributed by atoms with Crippen LogP contribution in [-0.2, 0) is 6.54 Å². The number of aromatic hydroxyl groups is 1. The van der Waals surface area contributed by atoms with Crippen LogP contribution in [-0.4, -0.2) is 52.0 Å². The van der Waals surface area contributed by atoms with Crippen LogP contribution >= 0.6 is 0 Å². The van der Waals surface area contributed by atoms with Crippen LogP contribution in [0.4, 0.5) is 0 Å². The second-order valence-electron chi connectivity index (χ2n) is 9.50. The van der Waals surface area contributed by atoms with Crippen molar-refractivity contribution in [2.24, 2.45) is 5.41 Å². The lowest BCUT2D eigenvalue weighted by molar-refractivity contribution is 0.0280. The van der Waals surface area contributed by atoms with E-state index in [0.29, 0.717) is 5.41 Å². The number of hydrogen-bond donors (Lipinski definition) is 1. The van der Waals surface area contributed by atoms with Crippen molar-refractivity contribution < 1.29 is 14.6 Å². The maximum atomic E-state index is 12.8. The molecule has 0 atom stereocenters. The predicted octanol–water partition coefficient (Wildman–Crippen LogP) is 5.10. The van der Waals surface area contributed by atoms with Crippen molar-refractivity contribution in [2.75, 3.05) is 26.2 Å². The highest BCUT2D eigenvalue weighted by Gasteiger charge is 2.39. The third-order valence-electron chi connectivity index (χ3n) is 7.30. The molecule has 0 saturated carbocycles. The van der Waals surface area contributed by atoms with Crippen LogP contribution < -0.4 is 4.74 Å². The first-order valence-corrected chi connectivity index (χ1v) is 12.1. The molecule has 0 bridgehead atoms. The second-order valence-corrected chi connectivity index (χ2v) is 9.50. The van der Waals surface area contributed by atoms with Crippen LogP contribution in [0.3, 0.4) is 0 Å². The van der Waals surface area contributed by atoms with Gasteiger partial charge in [0.25, 0.3) is 5.91 Å². The van der Waals surface area contributed by atoms with E-state index in [2.05, 4.69) is 28.1 Å². The number of ether oxygens (including phenoxy) is 1. The van der Waals surface area contributed by atoms with E-state index in [1.165, 1.54) is 11.6 Å². The topological polar surface area (TPSA) is 65.9 Å². The summed E-state index contributed by atoms with van der Waals surface area (Å²) in [5.41, 5.74) is 1.74. The molecular formula is C28H31N3O3. The van der Waals surface area contributed by atoms with Gasteiger partial charge in [-0.1, -0.05) is 30.3 Å². The summed E-state index contributed by atoms with van der Waals surface area (Å²) in [4.78, 5) is 21.2. The van der Waals surface area contributed by atoms with Crippen molar-refractivity contribution in [1.29, 1.82) is 0 Å². The van der Waals surface area contributed by atoms with Gasteiger partial charge in [-0.05, 0) is 86.1 Å². The minimum atomic E-state index is -0.164. The predicted molar refractivity (Wildman–Crippen MR) is 131 cm³/mol. The molecule has 0 unspecified atom stereocenters. The molecule has 2 fully saturated rings. The number of carbonyl (C=O) groups excluding carboxylic acids is 1. The Morgan fingerprint density at radius 3 is 2.32 bits per heavy atom. The fourth-order valence-corrected chi connectivity index (χ4v) is 5.17. The van der Waals surface area contributed by atoms with E-state index in [9.17, 15) is 9.90 Å². The number of para-hydroxylation sites is 1. The molecule has 3 heterocycles. The summed E-state index contributed by atoms with van der Waals surface area (Å²) in [6, 6.07) is 21.4. The molecule has 1 spiro atoms. The van der Waals surface area contributed by atoms with E-state index >= 15 is 0 Å². The molecule has 34 heavy (non-hydrogen) atoms. The molecule has 1 N–H and O–H groups in total. The van der Waals surface area contributed by atoms with Gasteiger partial charge in [-0.25, -0.2) is 4.98 Å². The lowest BCUT2D eigenvalue weighted by Gasteiger charge is -2.47. The Labute approximate surface area is 200 Å². The van der Waals surface area contributed by atoms with Gasteiger partial charge in [0.15, 0.2) is 5.69 Å². The van der Waals surface area contributed by atoms with Crippen LogP contribution in [0, 0.1) is 5.41 Å². The molecule has 2 saturated heterocycles. The van der Waals surface area contributed by atoms with E-state index in [1.807, 2.05) is 41.3 Å². The fourth-order valence-electron chi connectivity index (χ4n) is 5.17. The average molecular weight is 458 g/mol. The highest BCUT2D eigenvalue weighted by atomic mass is 16.5. The van der Waals surface area contributed by atoms with Crippen LogP contribution in [0.25, 0.3) is 0 Å². The molecule has 0 radical (unpaired) electrons. The molecular weight excluding hydrogens is 426 g/mol. The van der Waals surface area contributed by atoms with Gasteiger partial charge in [0, 0.05) is 25.8 Å². The molecule has 2 aromatic carbocycles. The van der Waals surface area contributed by atoms with Crippen LogP contribution in [0.5, 0.6) is 17.2 Å². The van der Waals surface area contributed by atoms with E-state index in [-0.39, 0.29) is 17.4 Å². The smallest absolute Gasteiger partial charge is 0.276 e. The van der Waals surface area contributed by atoms with Crippen LogP contribution in [0.15, 0.2) is 72.9 Å². The number of nitrogens with zero attached hydrogens (tertiary/aromatic N) is 3. The van der Waals surface area contributed by atoms with Crippen molar-refractivity contribution >= 4 is 5.91 Å². The molecule has 1 amide bonds. The minimum Gasteiger partial charge on any atom is -0.505 e. The lowest BCUT2D eigenvalue weighted by atomic mass is 9.71. The number of carbonyl (C=O) groups is 1. The average Bonchev–Trinajstić information content (AvgIpc) is 2.87. The maximum absolute atomic E-state index is 12.8. The number of aromatic nitrogens is 1. The molecule has 6 nitrogen and oxygen atoms in total. The largest absolute Gasteiger partial charge is 0.505 e. The molecule has 176 valence electrons. The summed E-state index contributed by atoms with van der Waals surface area (Å²) in [5, 5.41) is 9.97. The Kier molecular flexibility index (Phi) is 6.50. The third kappa shape index (κ3) is 5.07. The zero-order valence-electron chi connectivity index (χ0n) is 19.4. The Bertz CT molecular complexity index is 1120. The van der Waals surface area contributed by atoms with E-state index in [4.69, 9.17) is 4.74 Å². The standard InChI is InChI=1S/C28H31N3O3/c32-25-10-5-15-29-26(25)27(33)31-18-13-28(14-19-31)11-16-30(17-12-28)21-22-6-4-9-24(20-22)34-23-7-2-1-3-8-23/h1-10,15,20,32H,11-14,16-19,21H2. The number of piperidine rings is 2. The summed E-state index contributed by atoms with van der Waals surface area (Å²) in [7, 11) is 0. The van der Waals surface area contributed by atoms with Gasteiger partial charge in [-0.3, -0.25) is 9.69 Å². The van der Waals surface area contributed by atoms with Gasteiger partial charge in [-0.15, -0.1) is 0 Å². The Hall–Kier alpha value is -3.38. The van der Waals surface area contributed by atoms with Crippen LogP contribution in [0.2, 0.25) is 0 Å². The SMILES string of the molecule is O=C(c1ncccc1O)N1CCC2(CCN(Cc3cccc(Oc4ccccc4)c3)CC2)CC1. The van der Waals surface area contributed by atoms with E-state index < -0.39 is 0 Å².